The highest BCUT2D eigenvalue weighted by molar-refractivity contribution is 5.92. The van der Waals surface area contributed by atoms with Crippen LogP contribution in [0.1, 0.15) is 27.2 Å². The van der Waals surface area contributed by atoms with E-state index >= 15 is 0 Å². The van der Waals surface area contributed by atoms with E-state index in [1.165, 1.54) is 0 Å². The lowest BCUT2D eigenvalue weighted by Gasteiger charge is -2.15. The molecule has 0 aliphatic carbocycles. The van der Waals surface area contributed by atoms with E-state index in [2.05, 4.69) is 5.32 Å². The predicted molar refractivity (Wildman–Crippen MR) is 76.4 cm³/mol. The number of nitrogens with two attached hydrogens (primary N) is 1. The van der Waals surface area contributed by atoms with E-state index in [-0.39, 0.29) is 30.5 Å². The van der Waals surface area contributed by atoms with Gasteiger partial charge in [-0.3, -0.25) is 4.79 Å². The highest BCUT2D eigenvalue weighted by atomic mass is 35.5. The summed E-state index contributed by atoms with van der Waals surface area (Å²) in [5.74, 6) is 0.584. The van der Waals surface area contributed by atoms with Crippen molar-refractivity contribution in [2.24, 2.45) is 5.73 Å². The molecule has 0 heterocycles. The molecule has 0 saturated heterocycles. The number of carbonyl (C=O) groups excluding carboxylic acids is 1. The van der Waals surface area contributed by atoms with E-state index < -0.39 is 0 Å². The predicted octanol–water partition coefficient (Wildman–Crippen LogP) is 2.57. The summed E-state index contributed by atoms with van der Waals surface area (Å²) in [6.45, 7) is 5.69. The SMILES string of the molecule is CC(N)CC(=O)Nc1ccccc1OC(C)C.Cl. The highest BCUT2D eigenvalue weighted by Crippen LogP contribution is 2.24. The van der Waals surface area contributed by atoms with Gasteiger partial charge >= 0.3 is 0 Å². The number of benzene rings is 1. The number of rotatable bonds is 5. The molecule has 0 aromatic heterocycles. The van der Waals surface area contributed by atoms with E-state index in [4.69, 9.17) is 10.5 Å². The molecular formula is C13H21ClN2O2. The van der Waals surface area contributed by atoms with Crippen molar-refractivity contribution in [3.05, 3.63) is 24.3 Å². The van der Waals surface area contributed by atoms with E-state index in [1.807, 2.05) is 38.1 Å². The van der Waals surface area contributed by atoms with Crippen molar-refractivity contribution in [1.82, 2.24) is 0 Å². The molecule has 0 radical (unpaired) electrons. The van der Waals surface area contributed by atoms with Gasteiger partial charge in [0.05, 0.1) is 11.8 Å². The third kappa shape index (κ3) is 5.89. The van der Waals surface area contributed by atoms with Gasteiger partial charge in [-0.2, -0.15) is 0 Å². The Balaban J connectivity index is 0.00000289. The molecule has 3 N–H and O–H groups in total. The Labute approximate surface area is 114 Å². The number of carbonyl (C=O) groups is 1. The van der Waals surface area contributed by atoms with Gasteiger partial charge in [-0.25, -0.2) is 0 Å². The number of ether oxygens (including phenoxy) is 1. The van der Waals surface area contributed by atoms with Crippen molar-refractivity contribution in [2.75, 3.05) is 5.32 Å². The van der Waals surface area contributed by atoms with Crippen LogP contribution >= 0.6 is 12.4 Å². The number of anilines is 1. The molecule has 0 aliphatic heterocycles. The Kier molecular flexibility index (Phi) is 7.39. The zero-order valence-electron chi connectivity index (χ0n) is 11.0. The lowest BCUT2D eigenvalue weighted by atomic mass is 10.2. The molecule has 0 bridgehead atoms. The molecule has 18 heavy (non-hydrogen) atoms. The topological polar surface area (TPSA) is 64.4 Å². The molecule has 0 aliphatic rings. The molecule has 0 spiro atoms. The van der Waals surface area contributed by atoms with E-state index in [1.54, 1.807) is 6.92 Å². The Morgan fingerprint density at radius 1 is 1.33 bits per heavy atom. The maximum absolute atomic E-state index is 11.6. The van der Waals surface area contributed by atoms with Gasteiger partial charge in [0.25, 0.3) is 0 Å². The Hall–Kier alpha value is -1.26. The Morgan fingerprint density at radius 2 is 1.94 bits per heavy atom. The highest BCUT2D eigenvalue weighted by Gasteiger charge is 2.09. The second kappa shape index (κ2) is 7.95. The fourth-order valence-electron chi connectivity index (χ4n) is 1.42. The summed E-state index contributed by atoms with van der Waals surface area (Å²) in [4.78, 5) is 11.6. The van der Waals surface area contributed by atoms with Gasteiger partial charge in [-0.1, -0.05) is 12.1 Å². The number of hydrogen-bond donors (Lipinski definition) is 2. The van der Waals surface area contributed by atoms with E-state index in [0.717, 1.165) is 0 Å². The van der Waals surface area contributed by atoms with Gasteiger partial charge < -0.3 is 15.8 Å². The molecule has 1 unspecified atom stereocenters. The molecule has 1 amide bonds. The molecule has 4 nitrogen and oxygen atoms in total. The maximum Gasteiger partial charge on any atom is 0.226 e. The minimum Gasteiger partial charge on any atom is -0.489 e. The molecule has 0 saturated carbocycles. The normalized spacial score (nSPS) is 11.6. The minimum atomic E-state index is -0.145. The van der Waals surface area contributed by atoms with Crippen LogP contribution in [0.5, 0.6) is 5.75 Å². The molecule has 5 heteroatoms. The monoisotopic (exact) mass is 272 g/mol. The van der Waals surface area contributed by atoms with Crippen LogP contribution in [0, 0.1) is 0 Å². The molecule has 102 valence electrons. The fraction of sp³-hybridized carbons (Fsp3) is 0.462. The zero-order valence-corrected chi connectivity index (χ0v) is 11.8. The van der Waals surface area contributed by atoms with Gasteiger partial charge in [0.2, 0.25) is 5.91 Å². The minimum absolute atomic E-state index is 0. The number of halogens is 1. The van der Waals surface area contributed by atoms with Crippen molar-refractivity contribution in [3.8, 4) is 5.75 Å². The summed E-state index contributed by atoms with van der Waals surface area (Å²) in [5.41, 5.74) is 6.26. The Morgan fingerprint density at radius 3 is 2.50 bits per heavy atom. The van der Waals surface area contributed by atoms with Crippen LogP contribution in [0.4, 0.5) is 5.69 Å². The Bertz CT molecular complexity index is 381. The zero-order chi connectivity index (χ0) is 12.8. The molecule has 1 rings (SSSR count). The summed E-state index contributed by atoms with van der Waals surface area (Å²) in [7, 11) is 0. The molecule has 1 aromatic rings. The molecular weight excluding hydrogens is 252 g/mol. The van der Waals surface area contributed by atoms with Crippen molar-refractivity contribution in [2.45, 2.75) is 39.3 Å². The molecule has 1 aromatic carbocycles. The van der Waals surface area contributed by atoms with Gasteiger partial charge in [0, 0.05) is 12.5 Å². The summed E-state index contributed by atoms with van der Waals surface area (Å²) in [6.07, 6.45) is 0.372. The van der Waals surface area contributed by atoms with E-state index in [0.29, 0.717) is 17.9 Å². The number of hydrogen-bond acceptors (Lipinski definition) is 3. The van der Waals surface area contributed by atoms with Crippen LogP contribution in [0.25, 0.3) is 0 Å². The van der Waals surface area contributed by atoms with Gasteiger partial charge in [0.1, 0.15) is 5.75 Å². The van der Waals surface area contributed by atoms with Gasteiger partial charge in [-0.05, 0) is 32.9 Å². The average molecular weight is 273 g/mol. The first-order chi connectivity index (χ1) is 7.99. The number of amides is 1. The van der Waals surface area contributed by atoms with Crippen LogP contribution in [-0.2, 0) is 4.79 Å². The summed E-state index contributed by atoms with van der Waals surface area (Å²) in [5, 5.41) is 2.80. The second-order valence-electron chi connectivity index (χ2n) is 4.39. The van der Waals surface area contributed by atoms with Crippen molar-refractivity contribution >= 4 is 24.0 Å². The van der Waals surface area contributed by atoms with Crippen LogP contribution in [0.2, 0.25) is 0 Å². The average Bonchev–Trinajstić information content (AvgIpc) is 2.18. The third-order valence-electron chi connectivity index (χ3n) is 2.03. The third-order valence-corrected chi connectivity index (χ3v) is 2.03. The van der Waals surface area contributed by atoms with E-state index in [9.17, 15) is 4.79 Å². The quantitative estimate of drug-likeness (QED) is 0.866. The standard InChI is InChI=1S/C13H20N2O2.ClH/c1-9(2)17-12-7-5-4-6-11(12)15-13(16)8-10(3)14;/h4-7,9-10H,8,14H2,1-3H3,(H,15,16);1H. The van der Waals surface area contributed by atoms with Crippen LogP contribution < -0.4 is 15.8 Å². The second-order valence-corrected chi connectivity index (χ2v) is 4.39. The van der Waals surface area contributed by atoms with Gasteiger partial charge in [0.15, 0.2) is 0 Å². The first-order valence-corrected chi connectivity index (χ1v) is 5.80. The maximum atomic E-state index is 11.6. The summed E-state index contributed by atoms with van der Waals surface area (Å²) < 4.78 is 5.61. The lowest BCUT2D eigenvalue weighted by molar-refractivity contribution is -0.116. The van der Waals surface area contributed by atoms with Crippen molar-refractivity contribution < 1.29 is 9.53 Å². The molecule has 0 fully saturated rings. The van der Waals surface area contributed by atoms with Gasteiger partial charge in [-0.15, -0.1) is 12.4 Å². The van der Waals surface area contributed by atoms with Crippen molar-refractivity contribution in [1.29, 1.82) is 0 Å². The molecule has 1 atom stereocenters. The number of nitrogens with one attached hydrogen (secondary N) is 1. The largest absolute Gasteiger partial charge is 0.489 e. The fourth-order valence-corrected chi connectivity index (χ4v) is 1.42. The first-order valence-electron chi connectivity index (χ1n) is 5.80. The first kappa shape index (κ1) is 16.7. The lowest BCUT2D eigenvalue weighted by Crippen LogP contribution is -2.24. The van der Waals surface area contributed by atoms with Crippen LogP contribution in [-0.4, -0.2) is 18.1 Å². The van der Waals surface area contributed by atoms with Crippen LogP contribution in [0.15, 0.2) is 24.3 Å². The van der Waals surface area contributed by atoms with Crippen molar-refractivity contribution in [3.63, 3.8) is 0 Å². The van der Waals surface area contributed by atoms with Crippen LogP contribution in [0.3, 0.4) is 0 Å². The summed E-state index contributed by atoms with van der Waals surface area (Å²) in [6, 6.07) is 7.24. The smallest absolute Gasteiger partial charge is 0.226 e. The summed E-state index contributed by atoms with van der Waals surface area (Å²) >= 11 is 0. The number of para-hydroxylation sites is 2.